The summed E-state index contributed by atoms with van der Waals surface area (Å²) in [5.41, 5.74) is 1.36. The first-order valence-electron chi connectivity index (χ1n) is 13.4. The summed E-state index contributed by atoms with van der Waals surface area (Å²) in [4.78, 5) is 40.9. The molecule has 0 aliphatic carbocycles. The molecule has 0 aliphatic rings. The molecule has 10 heteroatoms. The number of benzene rings is 3. The van der Waals surface area contributed by atoms with Gasteiger partial charge in [0.1, 0.15) is 18.4 Å². The lowest BCUT2D eigenvalue weighted by atomic mass is 10.0. The van der Waals surface area contributed by atoms with E-state index < -0.39 is 40.2 Å². The fraction of sp³-hybridized carbons (Fsp3) is 0.323. The van der Waals surface area contributed by atoms with Gasteiger partial charge in [-0.15, -0.1) is 0 Å². The molecule has 3 rings (SSSR count). The maximum absolute atomic E-state index is 14.8. The molecule has 0 bridgehead atoms. The highest BCUT2D eigenvalue weighted by molar-refractivity contribution is 7.92. The zero-order valence-electron chi connectivity index (χ0n) is 23.7. The van der Waals surface area contributed by atoms with Gasteiger partial charge in [-0.05, 0) is 44.0 Å². The number of rotatable bonds is 13. The number of hydrogen-bond donors (Lipinski definition) is 1. The smallest absolute Gasteiger partial charge is 0.244 e. The molecule has 0 aromatic heterocycles. The third-order valence-electron chi connectivity index (χ3n) is 6.79. The van der Waals surface area contributed by atoms with E-state index in [1.165, 1.54) is 48.2 Å². The highest BCUT2D eigenvalue weighted by Crippen LogP contribution is 2.22. The van der Waals surface area contributed by atoms with Crippen molar-refractivity contribution in [1.29, 1.82) is 0 Å². The van der Waals surface area contributed by atoms with Crippen LogP contribution in [0.5, 0.6) is 0 Å². The van der Waals surface area contributed by atoms with Gasteiger partial charge in [0, 0.05) is 30.1 Å². The fourth-order valence-corrected chi connectivity index (χ4v) is 5.14. The molecule has 3 aromatic rings. The van der Waals surface area contributed by atoms with Gasteiger partial charge in [0.05, 0.1) is 11.9 Å². The van der Waals surface area contributed by atoms with Gasteiger partial charge in [-0.1, -0.05) is 67.6 Å². The van der Waals surface area contributed by atoms with Crippen molar-refractivity contribution in [1.82, 2.24) is 10.2 Å². The quantitative estimate of drug-likeness (QED) is 0.303. The van der Waals surface area contributed by atoms with Crippen molar-refractivity contribution in [2.45, 2.75) is 52.2 Å². The second kappa shape index (κ2) is 14.0. The molecule has 218 valence electrons. The molecule has 0 aliphatic heterocycles. The number of sulfonamides is 1. The third-order valence-corrected chi connectivity index (χ3v) is 7.93. The molecule has 2 atom stereocenters. The van der Waals surface area contributed by atoms with Crippen LogP contribution in [0.3, 0.4) is 0 Å². The Balaban J connectivity index is 2.09. The summed E-state index contributed by atoms with van der Waals surface area (Å²) in [6.07, 6.45) is 1.74. The Labute approximate surface area is 241 Å². The lowest BCUT2D eigenvalue weighted by Gasteiger charge is -2.34. The van der Waals surface area contributed by atoms with E-state index in [1.54, 1.807) is 12.1 Å². The summed E-state index contributed by atoms with van der Waals surface area (Å²) < 4.78 is 41.5. The Bertz CT molecular complexity index is 1480. The average molecular weight is 582 g/mol. The van der Waals surface area contributed by atoms with Crippen molar-refractivity contribution in [3.8, 4) is 0 Å². The van der Waals surface area contributed by atoms with Crippen LogP contribution in [0.2, 0.25) is 0 Å². The van der Waals surface area contributed by atoms with Gasteiger partial charge < -0.3 is 10.2 Å². The lowest BCUT2D eigenvalue weighted by Crippen LogP contribution is -2.54. The van der Waals surface area contributed by atoms with Gasteiger partial charge >= 0.3 is 0 Å². The van der Waals surface area contributed by atoms with Gasteiger partial charge in [-0.2, -0.15) is 0 Å². The van der Waals surface area contributed by atoms with Crippen LogP contribution in [0.15, 0.2) is 78.9 Å². The van der Waals surface area contributed by atoms with E-state index >= 15 is 0 Å². The Morgan fingerprint density at radius 2 is 1.61 bits per heavy atom. The Morgan fingerprint density at radius 1 is 0.951 bits per heavy atom. The second-order valence-corrected chi connectivity index (χ2v) is 11.9. The predicted molar refractivity (Wildman–Crippen MR) is 157 cm³/mol. The van der Waals surface area contributed by atoms with E-state index in [0.29, 0.717) is 6.42 Å². The first kappa shape index (κ1) is 31.5. The topological polar surface area (TPSA) is 104 Å². The third kappa shape index (κ3) is 8.72. The molecule has 0 saturated heterocycles. The van der Waals surface area contributed by atoms with Gasteiger partial charge in [-0.25, -0.2) is 12.8 Å². The molecule has 0 spiro atoms. The van der Waals surface area contributed by atoms with E-state index in [2.05, 4.69) is 5.32 Å². The summed E-state index contributed by atoms with van der Waals surface area (Å²) in [6.45, 7) is 4.19. The van der Waals surface area contributed by atoms with E-state index in [4.69, 9.17) is 0 Å². The monoisotopic (exact) mass is 581 g/mol. The van der Waals surface area contributed by atoms with Crippen molar-refractivity contribution < 1.29 is 27.2 Å². The van der Waals surface area contributed by atoms with E-state index in [9.17, 15) is 27.2 Å². The van der Waals surface area contributed by atoms with Gasteiger partial charge in [0.2, 0.25) is 21.8 Å². The van der Waals surface area contributed by atoms with Crippen LogP contribution in [0.25, 0.3) is 0 Å². The van der Waals surface area contributed by atoms with Crippen LogP contribution in [-0.2, 0) is 32.6 Å². The molecule has 0 fully saturated rings. The minimum Gasteiger partial charge on any atom is -0.352 e. The average Bonchev–Trinajstić information content (AvgIpc) is 2.94. The number of carbonyl (C=O) groups excluding carboxylic acids is 3. The number of carbonyl (C=O) groups is 3. The number of nitrogens with one attached hydrogen (secondary N) is 1. The molecule has 0 radical (unpaired) electrons. The number of Topliss-reactive ketones (excluding diaryl/α,β-unsaturated/α-hetero) is 1. The summed E-state index contributed by atoms with van der Waals surface area (Å²) in [7, 11) is -4.00. The molecule has 2 amide bonds. The van der Waals surface area contributed by atoms with E-state index in [1.807, 2.05) is 44.2 Å². The highest BCUT2D eigenvalue weighted by Gasteiger charge is 2.34. The molecule has 41 heavy (non-hydrogen) atoms. The molecule has 1 N–H and O–H groups in total. The van der Waals surface area contributed by atoms with Crippen LogP contribution in [-0.4, -0.2) is 55.8 Å². The van der Waals surface area contributed by atoms with Gasteiger partial charge in [-0.3, -0.25) is 18.7 Å². The first-order chi connectivity index (χ1) is 19.4. The SMILES string of the molecule is CCC(C)NC(=O)C(Cc1ccccc1)N(Cc1ccccc1F)C(=O)CN(c1cccc(C(C)=O)c1)S(C)(=O)=O. The summed E-state index contributed by atoms with van der Waals surface area (Å²) in [5.74, 6) is -1.96. The minimum atomic E-state index is -4.00. The molecule has 0 heterocycles. The lowest BCUT2D eigenvalue weighted by molar-refractivity contribution is -0.140. The van der Waals surface area contributed by atoms with Crippen LogP contribution in [0, 0.1) is 5.82 Å². The molecule has 2 unspecified atom stereocenters. The van der Waals surface area contributed by atoms with Crippen molar-refractivity contribution >= 4 is 33.3 Å². The Hall–Kier alpha value is -4.05. The largest absolute Gasteiger partial charge is 0.352 e. The maximum Gasteiger partial charge on any atom is 0.244 e. The summed E-state index contributed by atoms with van der Waals surface area (Å²) in [5, 5.41) is 2.92. The molecular weight excluding hydrogens is 545 g/mol. The van der Waals surface area contributed by atoms with Crippen LogP contribution >= 0.6 is 0 Å². The molecule has 8 nitrogen and oxygen atoms in total. The number of nitrogens with zero attached hydrogens (tertiary/aromatic N) is 2. The number of hydrogen-bond acceptors (Lipinski definition) is 5. The van der Waals surface area contributed by atoms with E-state index in [-0.39, 0.29) is 41.6 Å². The molecule has 0 saturated carbocycles. The van der Waals surface area contributed by atoms with Crippen LogP contribution in [0.4, 0.5) is 10.1 Å². The van der Waals surface area contributed by atoms with Crippen molar-refractivity contribution in [2.75, 3.05) is 17.1 Å². The fourth-order valence-electron chi connectivity index (χ4n) is 4.30. The summed E-state index contributed by atoms with van der Waals surface area (Å²) >= 11 is 0. The highest BCUT2D eigenvalue weighted by atomic mass is 32.2. The van der Waals surface area contributed by atoms with Gasteiger partial charge in [0.15, 0.2) is 5.78 Å². The van der Waals surface area contributed by atoms with Crippen LogP contribution < -0.4 is 9.62 Å². The summed E-state index contributed by atoms with van der Waals surface area (Å²) in [6, 6.07) is 19.8. The zero-order chi connectivity index (χ0) is 30.2. The first-order valence-corrected chi connectivity index (χ1v) is 15.2. The number of halogens is 1. The van der Waals surface area contributed by atoms with Crippen molar-refractivity contribution in [3.05, 3.63) is 101 Å². The Kier molecular flexibility index (Phi) is 10.8. The van der Waals surface area contributed by atoms with Crippen molar-refractivity contribution in [2.24, 2.45) is 0 Å². The number of amides is 2. The van der Waals surface area contributed by atoms with Gasteiger partial charge in [0.25, 0.3) is 0 Å². The minimum absolute atomic E-state index is 0.127. The normalized spacial score (nSPS) is 12.7. The second-order valence-electron chi connectivity index (χ2n) is 10.0. The number of anilines is 1. The maximum atomic E-state index is 14.8. The van der Waals surface area contributed by atoms with E-state index in [0.717, 1.165) is 16.1 Å². The number of ketones is 1. The molecule has 3 aromatic carbocycles. The van der Waals surface area contributed by atoms with Crippen LogP contribution in [0.1, 0.15) is 48.7 Å². The predicted octanol–water partition coefficient (Wildman–Crippen LogP) is 4.35. The van der Waals surface area contributed by atoms with Crippen molar-refractivity contribution in [3.63, 3.8) is 0 Å². The Morgan fingerprint density at radius 3 is 2.22 bits per heavy atom. The standard InChI is InChI=1S/C31H36FN3O5S/c1-5-22(2)33-31(38)29(18-24-12-7-6-8-13-24)34(20-26-14-9-10-17-28(26)32)30(37)21-35(41(4,39)40)27-16-11-15-25(19-27)23(3)36/h6-17,19,22,29H,5,18,20-21H2,1-4H3,(H,33,38). The zero-order valence-corrected chi connectivity index (χ0v) is 24.5. The molecular formula is C31H36FN3O5S.